The maximum Gasteiger partial charge on any atom is 0.339 e. The van der Waals surface area contributed by atoms with Crippen LogP contribution in [-0.2, 0) is 11.3 Å². The van der Waals surface area contributed by atoms with Gasteiger partial charge in [-0.15, -0.1) is 0 Å². The third-order valence-corrected chi connectivity index (χ3v) is 4.76. The highest BCUT2D eigenvalue weighted by Crippen LogP contribution is 2.28. The monoisotopic (exact) mass is 436 g/mol. The maximum absolute atomic E-state index is 12.9. The lowest BCUT2D eigenvalue weighted by molar-refractivity contribution is 0.0432. The second-order valence-electron chi connectivity index (χ2n) is 6.58. The van der Waals surface area contributed by atoms with Gasteiger partial charge in [-0.1, -0.05) is 21.9 Å². The standard InChI is InChI=1S/C21H13ClN4O5/c1-11-18-14(9-15(16-3-2-8-28-16)23-20(18)31-25-11)21(27)29-10-17-24-19(26-30-17)12-4-6-13(22)7-5-12/h2-9H,10H2,1H3. The number of hydrogen-bond donors (Lipinski definition) is 0. The zero-order valence-electron chi connectivity index (χ0n) is 16.0. The first kappa shape index (κ1) is 19.0. The number of carbonyl (C=O) groups is 1. The molecule has 31 heavy (non-hydrogen) atoms. The summed E-state index contributed by atoms with van der Waals surface area (Å²) < 4.78 is 21.2. The van der Waals surface area contributed by atoms with E-state index in [-0.39, 0.29) is 23.8 Å². The SMILES string of the molecule is Cc1noc2nc(-c3ccco3)cc(C(=O)OCc3nc(-c4ccc(Cl)cc4)no3)c12. The molecule has 0 N–H and O–H groups in total. The van der Waals surface area contributed by atoms with Gasteiger partial charge < -0.3 is 18.2 Å². The minimum atomic E-state index is -0.613. The Morgan fingerprint density at radius 1 is 1.10 bits per heavy atom. The van der Waals surface area contributed by atoms with Crippen LogP contribution < -0.4 is 0 Å². The summed E-state index contributed by atoms with van der Waals surface area (Å²) in [5, 5.41) is 8.86. The second-order valence-corrected chi connectivity index (χ2v) is 7.01. The van der Waals surface area contributed by atoms with Crippen molar-refractivity contribution in [3.63, 3.8) is 0 Å². The van der Waals surface area contributed by atoms with E-state index in [1.807, 2.05) is 0 Å². The van der Waals surface area contributed by atoms with E-state index >= 15 is 0 Å². The summed E-state index contributed by atoms with van der Waals surface area (Å²) in [6.07, 6.45) is 1.51. The Morgan fingerprint density at radius 3 is 2.71 bits per heavy atom. The van der Waals surface area contributed by atoms with Crippen molar-refractivity contribution in [3.05, 3.63) is 70.9 Å². The topological polar surface area (TPSA) is 117 Å². The molecule has 4 heterocycles. The molecule has 0 aliphatic heterocycles. The second kappa shape index (κ2) is 7.69. The number of halogens is 1. The molecule has 0 spiro atoms. The van der Waals surface area contributed by atoms with Crippen LogP contribution in [0, 0.1) is 6.92 Å². The van der Waals surface area contributed by atoms with Crippen LogP contribution in [0.5, 0.6) is 0 Å². The predicted octanol–water partition coefficient (Wildman–Crippen LogP) is 4.85. The van der Waals surface area contributed by atoms with Crippen molar-refractivity contribution in [1.82, 2.24) is 20.3 Å². The van der Waals surface area contributed by atoms with Crippen molar-refractivity contribution in [3.8, 4) is 22.8 Å². The number of pyridine rings is 1. The predicted molar refractivity (Wildman–Crippen MR) is 108 cm³/mol. The fraction of sp³-hybridized carbons (Fsp3) is 0.0952. The largest absolute Gasteiger partial charge is 0.463 e. The number of ether oxygens (including phenoxy) is 1. The number of carbonyl (C=O) groups excluding carboxylic acids is 1. The minimum Gasteiger partial charge on any atom is -0.463 e. The average molecular weight is 437 g/mol. The van der Waals surface area contributed by atoms with Crippen molar-refractivity contribution in [2.45, 2.75) is 13.5 Å². The molecule has 0 radical (unpaired) electrons. The Morgan fingerprint density at radius 2 is 1.94 bits per heavy atom. The molecule has 0 bridgehead atoms. The van der Waals surface area contributed by atoms with Crippen LogP contribution in [0.3, 0.4) is 0 Å². The van der Waals surface area contributed by atoms with Crippen LogP contribution in [0.1, 0.15) is 21.9 Å². The van der Waals surface area contributed by atoms with Crippen LogP contribution in [0.4, 0.5) is 0 Å². The first-order chi connectivity index (χ1) is 15.1. The van der Waals surface area contributed by atoms with Gasteiger partial charge in [0.2, 0.25) is 5.82 Å². The summed E-state index contributed by atoms with van der Waals surface area (Å²) in [6.45, 7) is 1.51. The van der Waals surface area contributed by atoms with Gasteiger partial charge in [0.05, 0.1) is 22.9 Å². The molecular formula is C21H13ClN4O5. The number of furan rings is 1. The summed E-state index contributed by atoms with van der Waals surface area (Å²) in [5.74, 6) is 0.383. The molecule has 9 nitrogen and oxygen atoms in total. The fourth-order valence-corrected chi connectivity index (χ4v) is 3.17. The third kappa shape index (κ3) is 3.66. The van der Waals surface area contributed by atoms with Crippen molar-refractivity contribution in [2.75, 3.05) is 0 Å². The van der Waals surface area contributed by atoms with E-state index in [0.717, 1.165) is 5.56 Å². The maximum atomic E-state index is 12.9. The number of esters is 1. The molecule has 10 heteroatoms. The Bertz CT molecular complexity index is 1370. The molecule has 0 fully saturated rings. The number of aromatic nitrogens is 4. The molecule has 1 aromatic carbocycles. The Kier molecular flexibility index (Phi) is 4.72. The third-order valence-electron chi connectivity index (χ3n) is 4.51. The normalized spacial score (nSPS) is 11.2. The van der Waals surface area contributed by atoms with Gasteiger partial charge in [-0.25, -0.2) is 9.78 Å². The zero-order valence-corrected chi connectivity index (χ0v) is 16.8. The number of rotatable bonds is 5. The van der Waals surface area contributed by atoms with Gasteiger partial charge in [-0.3, -0.25) is 0 Å². The molecular weight excluding hydrogens is 424 g/mol. The van der Waals surface area contributed by atoms with Gasteiger partial charge in [0.1, 0.15) is 5.69 Å². The van der Waals surface area contributed by atoms with E-state index in [2.05, 4.69) is 20.3 Å². The molecule has 5 rings (SSSR count). The van der Waals surface area contributed by atoms with Gasteiger partial charge in [-0.2, -0.15) is 4.98 Å². The van der Waals surface area contributed by atoms with Crippen LogP contribution in [0.25, 0.3) is 33.9 Å². The molecule has 4 aromatic heterocycles. The first-order valence-corrected chi connectivity index (χ1v) is 9.53. The molecule has 5 aromatic rings. The number of fused-ring (bicyclic) bond motifs is 1. The lowest BCUT2D eigenvalue weighted by Gasteiger charge is -2.05. The van der Waals surface area contributed by atoms with Crippen LogP contribution in [0.2, 0.25) is 5.02 Å². The Hall–Kier alpha value is -3.98. The summed E-state index contributed by atoms with van der Waals surface area (Å²) in [4.78, 5) is 21.5. The van der Waals surface area contributed by atoms with Crippen LogP contribution in [0.15, 0.2) is 62.2 Å². The van der Waals surface area contributed by atoms with Crippen LogP contribution >= 0.6 is 11.6 Å². The van der Waals surface area contributed by atoms with E-state index in [4.69, 9.17) is 29.8 Å². The molecule has 0 saturated carbocycles. The highest BCUT2D eigenvalue weighted by Gasteiger charge is 2.22. The van der Waals surface area contributed by atoms with Gasteiger partial charge in [0, 0.05) is 10.6 Å². The van der Waals surface area contributed by atoms with Gasteiger partial charge >= 0.3 is 5.97 Å². The molecule has 0 saturated heterocycles. The molecule has 0 unspecified atom stereocenters. The van der Waals surface area contributed by atoms with Crippen molar-refractivity contribution < 1.29 is 23.0 Å². The molecule has 0 atom stereocenters. The van der Waals surface area contributed by atoms with Gasteiger partial charge in [-0.05, 0) is 49.4 Å². The summed E-state index contributed by atoms with van der Waals surface area (Å²) in [5.41, 5.74) is 2.12. The molecule has 154 valence electrons. The van der Waals surface area contributed by atoms with Crippen molar-refractivity contribution >= 4 is 28.7 Å². The Labute approximate surface area is 179 Å². The molecule has 0 aliphatic rings. The quantitative estimate of drug-likeness (QED) is 0.356. The highest BCUT2D eigenvalue weighted by atomic mass is 35.5. The van der Waals surface area contributed by atoms with E-state index in [0.29, 0.717) is 33.4 Å². The smallest absolute Gasteiger partial charge is 0.339 e. The average Bonchev–Trinajstić information content (AvgIpc) is 3.54. The number of aryl methyl sites for hydroxylation is 1. The van der Waals surface area contributed by atoms with E-state index in [9.17, 15) is 4.79 Å². The zero-order chi connectivity index (χ0) is 21.4. The number of hydrogen-bond acceptors (Lipinski definition) is 9. The van der Waals surface area contributed by atoms with E-state index < -0.39 is 5.97 Å². The number of benzene rings is 1. The molecule has 0 aliphatic carbocycles. The lowest BCUT2D eigenvalue weighted by Crippen LogP contribution is -2.07. The summed E-state index contributed by atoms with van der Waals surface area (Å²) in [6, 6.07) is 12.0. The molecule has 0 amide bonds. The summed E-state index contributed by atoms with van der Waals surface area (Å²) >= 11 is 5.89. The van der Waals surface area contributed by atoms with Crippen molar-refractivity contribution in [1.29, 1.82) is 0 Å². The van der Waals surface area contributed by atoms with E-state index in [1.54, 1.807) is 49.4 Å². The first-order valence-electron chi connectivity index (χ1n) is 9.15. The lowest BCUT2D eigenvalue weighted by atomic mass is 10.1. The summed E-state index contributed by atoms with van der Waals surface area (Å²) in [7, 11) is 0. The van der Waals surface area contributed by atoms with Gasteiger partial charge in [0.15, 0.2) is 12.4 Å². The highest BCUT2D eigenvalue weighted by molar-refractivity contribution is 6.30. The van der Waals surface area contributed by atoms with E-state index in [1.165, 1.54) is 6.26 Å². The van der Waals surface area contributed by atoms with Crippen molar-refractivity contribution in [2.24, 2.45) is 0 Å². The van der Waals surface area contributed by atoms with Gasteiger partial charge in [0.25, 0.3) is 11.6 Å². The fourth-order valence-electron chi connectivity index (χ4n) is 3.04. The number of nitrogens with zero attached hydrogens (tertiary/aromatic N) is 4. The minimum absolute atomic E-state index is 0.150. The van der Waals surface area contributed by atoms with Crippen LogP contribution in [-0.4, -0.2) is 26.3 Å². The Balaban J connectivity index is 1.39.